The number of nitrogens with one attached hydrogen (secondary N) is 3. The molecule has 0 spiro atoms. The smallest absolute Gasteiger partial charge is 0.355 e. The average Bonchev–Trinajstić information content (AvgIpc) is 3.12. The highest BCUT2D eigenvalue weighted by atomic mass is 35.5. The molecule has 7 nitrogen and oxygen atoms in total. The number of anilines is 1. The van der Waals surface area contributed by atoms with E-state index in [1.807, 2.05) is 24.3 Å². The van der Waals surface area contributed by atoms with Crippen molar-refractivity contribution in [1.82, 2.24) is 10.3 Å². The molecule has 8 heteroatoms. The van der Waals surface area contributed by atoms with Crippen LogP contribution >= 0.6 is 11.6 Å². The number of halogens is 1. The van der Waals surface area contributed by atoms with Gasteiger partial charge >= 0.3 is 5.97 Å². The van der Waals surface area contributed by atoms with Crippen LogP contribution in [0.2, 0.25) is 5.02 Å². The molecule has 1 heterocycles. The van der Waals surface area contributed by atoms with Crippen molar-refractivity contribution in [3.8, 4) is 0 Å². The van der Waals surface area contributed by atoms with E-state index in [4.69, 9.17) is 16.3 Å². The molecule has 3 aromatic rings. The quantitative estimate of drug-likeness (QED) is 0.554. The molecular formula is C20H18ClN3O4. The van der Waals surface area contributed by atoms with E-state index in [-0.39, 0.29) is 12.2 Å². The molecular weight excluding hydrogens is 382 g/mol. The molecule has 0 unspecified atom stereocenters. The van der Waals surface area contributed by atoms with E-state index >= 15 is 0 Å². The Morgan fingerprint density at radius 1 is 1.07 bits per heavy atom. The number of para-hydroxylation sites is 1. The highest BCUT2D eigenvalue weighted by Crippen LogP contribution is 2.22. The first-order valence-corrected chi connectivity index (χ1v) is 8.88. The molecule has 0 fully saturated rings. The molecule has 0 aliphatic heterocycles. The monoisotopic (exact) mass is 399 g/mol. The van der Waals surface area contributed by atoms with Crippen LogP contribution in [0.3, 0.4) is 0 Å². The first-order chi connectivity index (χ1) is 13.4. The average molecular weight is 400 g/mol. The molecule has 1 aromatic heterocycles. The van der Waals surface area contributed by atoms with Gasteiger partial charge < -0.3 is 20.4 Å². The lowest BCUT2D eigenvalue weighted by Gasteiger charge is -2.10. The number of esters is 1. The number of aromatic amines is 1. The first kappa shape index (κ1) is 19.4. The van der Waals surface area contributed by atoms with Gasteiger partial charge in [0, 0.05) is 21.6 Å². The van der Waals surface area contributed by atoms with Gasteiger partial charge in [0.1, 0.15) is 5.69 Å². The Hall–Kier alpha value is -3.32. The van der Waals surface area contributed by atoms with Crippen molar-refractivity contribution in [2.75, 3.05) is 18.5 Å². The van der Waals surface area contributed by atoms with Crippen LogP contribution in [0.25, 0.3) is 10.9 Å². The van der Waals surface area contributed by atoms with Gasteiger partial charge in [0.25, 0.3) is 5.91 Å². The standard InChI is InChI=1S/C20H18ClN3O4/c1-12-14(21)6-4-8-15(12)24-18(25)10-22-19(26)11-28-20(27)17-9-13-5-2-3-7-16(13)23-17/h2-9,23H,10-11H2,1H3,(H,22,26)(H,24,25). The van der Waals surface area contributed by atoms with Crippen molar-refractivity contribution in [2.45, 2.75) is 6.92 Å². The van der Waals surface area contributed by atoms with Crippen LogP contribution < -0.4 is 10.6 Å². The minimum Gasteiger partial charge on any atom is -0.451 e. The third-order valence-corrected chi connectivity index (χ3v) is 4.48. The van der Waals surface area contributed by atoms with E-state index in [1.54, 1.807) is 31.2 Å². The van der Waals surface area contributed by atoms with Gasteiger partial charge in [-0.1, -0.05) is 35.9 Å². The molecule has 0 bridgehead atoms. The Morgan fingerprint density at radius 3 is 2.64 bits per heavy atom. The van der Waals surface area contributed by atoms with Gasteiger partial charge in [-0.3, -0.25) is 9.59 Å². The second-order valence-corrected chi connectivity index (χ2v) is 6.49. The number of hydrogen-bond donors (Lipinski definition) is 3. The maximum Gasteiger partial charge on any atom is 0.355 e. The van der Waals surface area contributed by atoms with Crippen LogP contribution in [0.4, 0.5) is 5.69 Å². The Kier molecular flexibility index (Phi) is 5.96. The molecule has 144 valence electrons. The van der Waals surface area contributed by atoms with Gasteiger partial charge in [0.2, 0.25) is 5.91 Å². The highest BCUT2D eigenvalue weighted by Gasteiger charge is 2.14. The fourth-order valence-electron chi connectivity index (χ4n) is 2.56. The fourth-order valence-corrected chi connectivity index (χ4v) is 2.73. The van der Waals surface area contributed by atoms with Gasteiger partial charge in [0.05, 0.1) is 6.54 Å². The number of ether oxygens (including phenoxy) is 1. The van der Waals surface area contributed by atoms with E-state index in [1.165, 1.54) is 0 Å². The summed E-state index contributed by atoms with van der Waals surface area (Å²) in [7, 11) is 0. The van der Waals surface area contributed by atoms with Crippen molar-refractivity contribution in [2.24, 2.45) is 0 Å². The van der Waals surface area contributed by atoms with Crippen molar-refractivity contribution in [3.63, 3.8) is 0 Å². The Bertz CT molecular complexity index is 1010. The molecule has 3 rings (SSSR count). The number of fused-ring (bicyclic) bond motifs is 1. The molecule has 3 N–H and O–H groups in total. The molecule has 0 atom stereocenters. The number of amides is 2. The van der Waals surface area contributed by atoms with E-state index in [2.05, 4.69) is 15.6 Å². The lowest BCUT2D eigenvalue weighted by atomic mass is 10.2. The SMILES string of the molecule is Cc1c(Cl)cccc1NC(=O)CNC(=O)COC(=O)c1cc2ccccc2[nH]1. The summed E-state index contributed by atoms with van der Waals surface area (Å²) in [6.45, 7) is 1.03. The summed E-state index contributed by atoms with van der Waals surface area (Å²) in [6, 6.07) is 14.2. The zero-order valence-corrected chi connectivity index (χ0v) is 15.8. The second kappa shape index (κ2) is 8.58. The normalized spacial score (nSPS) is 10.5. The van der Waals surface area contributed by atoms with Gasteiger partial charge in [-0.2, -0.15) is 0 Å². The molecule has 0 saturated carbocycles. The molecule has 0 radical (unpaired) electrons. The van der Waals surface area contributed by atoms with Crippen LogP contribution in [0.1, 0.15) is 16.1 Å². The van der Waals surface area contributed by atoms with Gasteiger partial charge in [-0.25, -0.2) is 4.79 Å². The van der Waals surface area contributed by atoms with Crippen molar-refractivity contribution in [1.29, 1.82) is 0 Å². The van der Waals surface area contributed by atoms with E-state index in [0.717, 1.165) is 16.5 Å². The summed E-state index contributed by atoms with van der Waals surface area (Å²) < 4.78 is 4.97. The lowest BCUT2D eigenvalue weighted by Crippen LogP contribution is -2.35. The number of carbonyl (C=O) groups is 3. The van der Waals surface area contributed by atoms with Crippen LogP contribution in [-0.2, 0) is 14.3 Å². The molecule has 0 saturated heterocycles. The van der Waals surface area contributed by atoms with E-state index < -0.39 is 24.4 Å². The summed E-state index contributed by atoms with van der Waals surface area (Å²) in [5.74, 6) is -1.64. The minimum absolute atomic E-state index is 0.253. The zero-order valence-electron chi connectivity index (χ0n) is 15.0. The summed E-state index contributed by atoms with van der Waals surface area (Å²) in [4.78, 5) is 38.8. The molecule has 2 amide bonds. The highest BCUT2D eigenvalue weighted by molar-refractivity contribution is 6.31. The minimum atomic E-state index is -0.648. The van der Waals surface area contributed by atoms with E-state index in [9.17, 15) is 14.4 Å². The molecule has 28 heavy (non-hydrogen) atoms. The Labute approximate surface area is 166 Å². The topological polar surface area (TPSA) is 100 Å². The number of carbonyl (C=O) groups excluding carboxylic acids is 3. The number of benzene rings is 2. The second-order valence-electron chi connectivity index (χ2n) is 6.08. The largest absolute Gasteiger partial charge is 0.451 e. The maximum atomic E-state index is 12.0. The van der Waals surface area contributed by atoms with Crippen LogP contribution in [-0.4, -0.2) is 35.9 Å². The molecule has 0 aliphatic carbocycles. The maximum absolute atomic E-state index is 12.0. The third kappa shape index (κ3) is 4.69. The molecule has 0 aliphatic rings. The Balaban J connectivity index is 1.45. The Morgan fingerprint density at radius 2 is 1.86 bits per heavy atom. The van der Waals surface area contributed by atoms with Crippen molar-refractivity contribution < 1.29 is 19.1 Å². The van der Waals surface area contributed by atoms with Crippen molar-refractivity contribution in [3.05, 3.63) is 64.8 Å². The summed E-state index contributed by atoms with van der Waals surface area (Å²) in [5.41, 5.74) is 2.35. The van der Waals surface area contributed by atoms with Crippen molar-refractivity contribution >= 4 is 46.0 Å². The van der Waals surface area contributed by atoms with Crippen LogP contribution in [0.15, 0.2) is 48.5 Å². The summed E-state index contributed by atoms with van der Waals surface area (Å²) in [6.07, 6.45) is 0. The predicted molar refractivity (Wildman–Crippen MR) is 106 cm³/mol. The lowest BCUT2D eigenvalue weighted by molar-refractivity contribution is -0.126. The number of hydrogen-bond acceptors (Lipinski definition) is 4. The summed E-state index contributed by atoms with van der Waals surface area (Å²) >= 11 is 6.00. The van der Waals surface area contributed by atoms with E-state index in [0.29, 0.717) is 10.7 Å². The van der Waals surface area contributed by atoms with Gasteiger partial charge in [0.15, 0.2) is 6.61 Å². The number of H-pyrrole nitrogens is 1. The van der Waals surface area contributed by atoms with Crippen LogP contribution in [0.5, 0.6) is 0 Å². The molecule has 2 aromatic carbocycles. The third-order valence-electron chi connectivity index (χ3n) is 4.07. The first-order valence-electron chi connectivity index (χ1n) is 8.50. The number of aromatic nitrogens is 1. The summed E-state index contributed by atoms with van der Waals surface area (Å²) in [5, 5.41) is 6.46. The van der Waals surface area contributed by atoms with Gasteiger partial charge in [-0.05, 0) is 36.8 Å². The fraction of sp³-hybridized carbons (Fsp3) is 0.150. The van der Waals surface area contributed by atoms with Crippen LogP contribution in [0, 0.1) is 6.92 Å². The number of rotatable bonds is 6. The predicted octanol–water partition coefficient (Wildman–Crippen LogP) is 3.04. The zero-order chi connectivity index (χ0) is 20.1. The van der Waals surface area contributed by atoms with Gasteiger partial charge in [-0.15, -0.1) is 0 Å².